The van der Waals surface area contributed by atoms with Crippen molar-refractivity contribution in [3.8, 4) is 0 Å². The molecular weight excluding hydrogens is 292 g/mol. The number of aromatic nitrogens is 2. The van der Waals surface area contributed by atoms with Crippen LogP contribution in [0.2, 0.25) is 0 Å². The van der Waals surface area contributed by atoms with Crippen LogP contribution in [0.1, 0.15) is 30.8 Å². The zero-order chi connectivity index (χ0) is 17.1. The fourth-order valence-electron chi connectivity index (χ4n) is 3.36. The van der Waals surface area contributed by atoms with Gasteiger partial charge in [-0.3, -0.25) is 4.98 Å². The highest BCUT2D eigenvalue weighted by molar-refractivity contribution is 6.08. The van der Waals surface area contributed by atoms with Crippen molar-refractivity contribution in [3.63, 3.8) is 0 Å². The van der Waals surface area contributed by atoms with Crippen LogP contribution in [-0.4, -0.2) is 9.55 Å². The molecule has 0 saturated carbocycles. The summed E-state index contributed by atoms with van der Waals surface area (Å²) in [6.45, 7) is 9.04. The van der Waals surface area contributed by atoms with Crippen LogP contribution in [0.5, 0.6) is 0 Å². The number of hydrogen-bond donors (Lipinski definition) is 0. The van der Waals surface area contributed by atoms with Gasteiger partial charge in [0.1, 0.15) is 0 Å². The topological polar surface area (TPSA) is 17.8 Å². The number of pyridine rings is 1. The summed E-state index contributed by atoms with van der Waals surface area (Å²) in [4.78, 5) is 4.68. The van der Waals surface area contributed by atoms with Gasteiger partial charge < -0.3 is 4.57 Å². The molecule has 2 nitrogen and oxygen atoms in total. The van der Waals surface area contributed by atoms with E-state index >= 15 is 0 Å². The Morgan fingerprint density at radius 3 is 2.25 bits per heavy atom. The highest BCUT2D eigenvalue weighted by Gasteiger charge is 2.13. The van der Waals surface area contributed by atoms with E-state index in [1.165, 1.54) is 27.4 Å². The Labute approximate surface area is 143 Å². The van der Waals surface area contributed by atoms with Crippen molar-refractivity contribution in [2.75, 3.05) is 0 Å². The summed E-state index contributed by atoms with van der Waals surface area (Å²) in [5, 5.41) is 2.61. The van der Waals surface area contributed by atoms with Gasteiger partial charge in [-0.1, -0.05) is 62.4 Å². The molecule has 4 rings (SSSR count). The molecule has 4 aromatic rings. The number of fused-ring (bicyclic) bond motifs is 3. The van der Waals surface area contributed by atoms with Gasteiger partial charge in [-0.25, -0.2) is 0 Å². The van der Waals surface area contributed by atoms with E-state index in [0.717, 1.165) is 17.9 Å². The van der Waals surface area contributed by atoms with Gasteiger partial charge in [0.05, 0.1) is 11.2 Å². The molecule has 0 aliphatic carbocycles. The molecule has 24 heavy (non-hydrogen) atoms. The zero-order valence-corrected chi connectivity index (χ0v) is 14.9. The van der Waals surface area contributed by atoms with Gasteiger partial charge in [-0.05, 0) is 31.5 Å². The molecule has 0 atom stereocenters. The molecule has 0 aliphatic rings. The lowest BCUT2D eigenvalue weighted by Gasteiger charge is -2.09. The molecule has 0 saturated heterocycles. The molecule has 0 radical (unpaired) electrons. The molecule has 122 valence electrons. The molecule has 2 heteroatoms. The summed E-state index contributed by atoms with van der Waals surface area (Å²) in [5.74, 6) is 0. The first-order valence-corrected chi connectivity index (χ1v) is 8.63. The number of benzene rings is 2. The van der Waals surface area contributed by atoms with Crippen molar-refractivity contribution < 1.29 is 0 Å². The fraction of sp³-hybridized carbons (Fsp3) is 0.227. The summed E-state index contributed by atoms with van der Waals surface area (Å²) < 4.78 is 2.39. The minimum atomic E-state index is 0.871. The van der Waals surface area contributed by atoms with Gasteiger partial charge >= 0.3 is 0 Å². The fourth-order valence-corrected chi connectivity index (χ4v) is 3.36. The molecular formula is C22H24N2. The third-order valence-corrected chi connectivity index (χ3v) is 4.23. The molecule has 0 spiro atoms. The van der Waals surface area contributed by atoms with Gasteiger partial charge in [-0.15, -0.1) is 0 Å². The minimum absolute atomic E-state index is 0.871. The second-order valence-electron chi connectivity index (χ2n) is 5.83. The highest BCUT2D eigenvalue weighted by atomic mass is 15.0. The lowest BCUT2D eigenvalue weighted by atomic mass is 10.1. The van der Waals surface area contributed by atoms with E-state index in [9.17, 15) is 0 Å². The number of rotatable bonds is 2. The first-order valence-electron chi connectivity index (χ1n) is 8.63. The predicted octanol–water partition coefficient (Wildman–Crippen LogP) is 5.88. The van der Waals surface area contributed by atoms with Crippen LogP contribution in [0.15, 0.2) is 60.7 Å². The standard InChI is InChI=1S/C20H18N2.C2H6/c1-14-12-18-17-10-6-7-11-19(17)22(20(18)15(2)21-14)13-16-8-4-3-5-9-16;1-2/h3-12H,13H2,1-2H3;1-2H3. The number of nitrogens with zero attached hydrogens (tertiary/aromatic N) is 2. The first-order chi connectivity index (χ1) is 11.7. The maximum Gasteiger partial charge on any atom is 0.0710 e. The number of para-hydroxylation sites is 1. The maximum absolute atomic E-state index is 4.68. The summed E-state index contributed by atoms with van der Waals surface area (Å²) in [5.41, 5.74) is 6.01. The Kier molecular flexibility index (Phi) is 4.66. The average molecular weight is 316 g/mol. The van der Waals surface area contributed by atoms with Gasteiger partial charge in [0.25, 0.3) is 0 Å². The summed E-state index contributed by atoms with van der Waals surface area (Å²) in [7, 11) is 0. The second kappa shape index (κ2) is 6.88. The van der Waals surface area contributed by atoms with E-state index in [-0.39, 0.29) is 0 Å². The molecule has 0 unspecified atom stereocenters. The lowest BCUT2D eigenvalue weighted by Crippen LogP contribution is -2.01. The molecule has 0 amide bonds. The summed E-state index contributed by atoms with van der Waals surface area (Å²) in [6.07, 6.45) is 0. The Bertz CT molecular complexity index is 966. The van der Waals surface area contributed by atoms with E-state index in [1.54, 1.807) is 0 Å². The molecule has 0 bridgehead atoms. The Balaban J connectivity index is 0.000000815. The van der Waals surface area contributed by atoms with Crippen LogP contribution in [0, 0.1) is 13.8 Å². The van der Waals surface area contributed by atoms with Crippen LogP contribution in [0.4, 0.5) is 0 Å². The number of aryl methyl sites for hydroxylation is 2. The van der Waals surface area contributed by atoms with Crippen molar-refractivity contribution in [3.05, 3.63) is 77.6 Å². The third-order valence-electron chi connectivity index (χ3n) is 4.23. The molecule has 2 heterocycles. The number of hydrogen-bond acceptors (Lipinski definition) is 1. The van der Waals surface area contributed by atoms with Crippen molar-refractivity contribution in [1.82, 2.24) is 9.55 Å². The van der Waals surface area contributed by atoms with Crippen LogP contribution in [-0.2, 0) is 6.54 Å². The van der Waals surface area contributed by atoms with Crippen molar-refractivity contribution in [2.45, 2.75) is 34.2 Å². The molecule has 2 aromatic carbocycles. The van der Waals surface area contributed by atoms with E-state index in [0.29, 0.717) is 0 Å². The van der Waals surface area contributed by atoms with Gasteiger partial charge in [0.2, 0.25) is 0 Å². The average Bonchev–Trinajstić information content (AvgIpc) is 2.92. The Hall–Kier alpha value is -2.61. The summed E-state index contributed by atoms with van der Waals surface area (Å²) >= 11 is 0. The van der Waals surface area contributed by atoms with E-state index in [2.05, 4.69) is 84.1 Å². The van der Waals surface area contributed by atoms with Gasteiger partial charge in [0.15, 0.2) is 0 Å². The van der Waals surface area contributed by atoms with Crippen molar-refractivity contribution in [2.24, 2.45) is 0 Å². The first kappa shape index (κ1) is 16.3. The molecule has 0 N–H and O–H groups in total. The second-order valence-corrected chi connectivity index (χ2v) is 5.83. The molecule has 0 fully saturated rings. The lowest BCUT2D eigenvalue weighted by molar-refractivity contribution is 0.861. The maximum atomic E-state index is 4.68. The SMILES string of the molecule is CC.Cc1cc2c3ccccc3n(Cc3ccccc3)c2c(C)n1. The van der Waals surface area contributed by atoms with E-state index in [1.807, 2.05) is 13.8 Å². The monoisotopic (exact) mass is 316 g/mol. The summed E-state index contributed by atoms with van der Waals surface area (Å²) in [6, 6.07) is 21.4. The molecule has 2 aromatic heterocycles. The van der Waals surface area contributed by atoms with E-state index in [4.69, 9.17) is 0 Å². The van der Waals surface area contributed by atoms with E-state index < -0.39 is 0 Å². The minimum Gasteiger partial charge on any atom is -0.334 e. The smallest absolute Gasteiger partial charge is 0.0710 e. The third kappa shape index (κ3) is 2.80. The van der Waals surface area contributed by atoms with Gasteiger partial charge in [-0.2, -0.15) is 0 Å². The Morgan fingerprint density at radius 1 is 0.833 bits per heavy atom. The normalized spacial score (nSPS) is 10.7. The van der Waals surface area contributed by atoms with Crippen LogP contribution >= 0.6 is 0 Å². The predicted molar refractivity (Wildman–Crippen MR) is 104 cm³/mol. The van der Waals surface area contributed by atoms with Crippen LogP contribution in [0.3, 0.4) is 0 Å². The largest absolute Gasteiger partial charge is 0.334 e. The quantitative estimate of drug-likeness (QED) is 0.451. The molecule has 0 aliphatic heterocycles. The Morgan fingerprint density at radius 2 is 1.50 bits per heavy atom. The van der Waals surface area contributed by atoms with Gasteiger partial charge in [0, 0.05) is 28.5 Å². The zero-order valence-electron chi connectivity index (χ0n) is 14.9. The highest BCUT2D eigenvalue weighted by Crippen LogP contribution is 2.31. The van der Waals surface area contributed by atoms with Crippen LogP contribution in [0.25, 0.3) is 21.8 Å². The van der Waals surface area contributed by atoms with Crippen molar-refractivity contribution in [1.29, 1.82) is 0 Å². The van der Waals surface area contributed by atoms with Crippen molar-refractivity contribution >= 4 is 21.8 Å². The van der Waals surface area contributed by atoms with Crippen LogP contribution < -0.4 is 0 Å².